The van der Waals surface area contributed by atoms with Gasteiger partial charge in [-0.25, -0.2) is 0 Å². The van der Waals surface area contributed by atoms with Gasteiger partial charge < -0.3 is 5.11 Å². The molecule has 1 N–H and O–H groups in total. The van der Waals surface area contributed by atoms with Crippen LogP contribution in [-0.2, 0) is 0 Å². The zero-order valence-corrected chi connectivity index (χ0v) is 5.91. The van der Waals surface area contributed by atoms with Gasteiger partial charge in [0, 0.05) is 5.39 Å². The molecule has 0 aliphatic heterocycles. The van der Waals surface area contributed by atoms with E-state index >= 15 is 0 Å². The first-order valence-electron chi connectivity index (χ1n) is 3.46. The van der Waals surface area contributed by atoms with Gasteiger partial charge in [0.05, 0.1) is 0 Å². The van der Waals surface area contributed by atoms with Gasteiger partial charge in [-0.1, -0.05) is 30.3 Å². The molecule has 2 rings (SSSR count). The van der Waals surface area contributed by atoms with Crippen LogP contribution in [0.3, 0.4) is 0 Å². The maximum absolute atomic E-state index is 9.34. The Morgan fingerprint density at radius 3 is 2.73 bits per heavy atom. The molecule has 0 aliphatic carbocycles. The average molecular weight is 143 g/mol. The lowest BCUT2D eigenvalue weighted by Crippen LogP contribution is -1.71. The Morgan fingerprint density at radius 2 is 1.91 bits per heavy atom. The highest BCUT2D eigenvalue weighted by Crippen LogP contribution is 2.22. The number of phenolic OH excluding ortho intramolecular Hbond substituents is 1. The van der Waals surface area contributed by atoms with Crippen molar-refractivity contribution in [1.82, 2.24) is 0 Å². The summed E-state index contributed by atoms with van der Waals surface area (Å²) in [6.45, 7) is 0. The van der Waals surface area contributed by atoms with Crippen LogP contribution >= 0.6 is 0 Å². The van der Waals surface area contributed by atoms with Gasteiger partial charge in [-0.05, 0) is 17.5 Å². The van der Waals surface area contributed by atoms with E-state index < -0.39 is 0 Å². The standard InChI is InChI=1S/C10H7O/c11-10-7-3-5-8-4-1-2-6-9(8)10/h1-5,7,11H. The number of benzene rings is 2. The maximum Gasteiger partial charge on any atom is 0.124 e. The van der Waals surface area contributed by atoms with Crippen molar-refractivity contribution in [1.29, 1.82) is 0 Å². The van der Waals surface area contributed by atoms with E-state index in [9.17, 15) is 5.11 Å². The highest BCUT2D eigenvalue weighted by Gasteiger charge is 1.95. The molecule has 0 unspecified atom stereocenters. The fourth-order valence-corrected chi connectivity index (χ4v) is 1.14. The molecule has 0 fully saturated rings. The molecular formula is C10H7O. The highest BCUT2D eigenvalue weighted by molar-refractivity contribution is 5.87. The summed E-state index contributed by atoms with van der Waals surface area (Å²) in [6, 6.07) is 14.1. The second-order valence-corrected chi connectivity index (χ2v) is 2.41. The van der Waals surface area contributed by atoms with Gasteiger partial charge in [0.1, 0.15) is 5.75 Å². The number of fused-ring (bicyclic) bond motifs is 1. The summed E-state index contributed by atoms with van der Waals surface area (Å²) in [7, 11) is 0. The maximum atomic E-state index is 9.34. The molecule has 2 aromatic carbocycles. The number of rotatable bonds is 0. The molecule has 53 valence electrons. The smallest absolute Gasteiger partial charge is 0.124 e. The molecule has 0 saturated carbocycles. The Bertz CT molecular complexity index is 374. The van der Waals surface area contributed by atoms with Gasteiger partial charge in [0.15, 0.2) is 0 Å². The molecule has 1 heteroatoms. The van der Waals surface area contributed by atoms with Crippen molar-refractivity contribution < 1.29 is 5.11 Å². The fraction of sp³-hybridized carbons (Fsp3) is 0. The van der Waals surface area contributed by atoms with E-state index in [1.165, 1.54) is 0 Å². The van der Waals surface area contributed by atoms with Crippen LogP contribution in [0.4, 0.5) is 0 Å². The van der Waals surface area contributed by atoms with Gasteiger partial charge >= 0.3 is 0 Å². The third-order valence-corrected chi connectivity index (χ3v) is 1.67. The minimum absolute atomic E-state index is 0.295. The molecule has 2 aromatic rings. The largest absolute Gasteiger partial charge is 0.507 e. The Balaban J connectivity index is 2.91. The molecule has 0 aromatic heterocycles. The van der Waals surface area contributed by atoms with Gasteiger partial charge in [-0.2, -0.15) is 0 Å². The predicted octanol–water partition coefficient (Wildman–Crippen LogP) is 2.35. The van der Waals surface area contributed by atoms with Crippen molar-refractivity contribution in [2.75, 3.05) is 0 Å². The number of hydrogen-bond acceptors (Lipinski definition) is 1. The summed E-state index contributed by atoms with van der Waals surface area (Å²) in [5.41, 5.74) is 0. The molecule has 0 amide bonds. The molecule has 1 nitrogen and oxygen atoms in total. The van der Waals surface area contributed by atoms with Crippen LogP contribution < -0.4 is 0 Å². The molecule has 1 radical (unpaired) electrons. The van der Waals surface area contributed by atoms with Crippen molar-refractivity contribution in [2.24, 2.45) is 0 Å². The van der Waals surface area contributed by atoms with E-state index in [0.29, 0.717) is 5.75 Å². The average Bonchev–Trinajstić information content (AvgIpc) is 2.06. The van der Waals surface area contributed by atoms with Gasteiger partial charge in [-0.15, -0.1) is 0 Å². The van der Waals surface area contributed by atoms with Crippen molar-refractivity contribution >= 4 is 10.8 Å². The SMILES string of the molecule is Oc1cccc2ccc[c]c12. The van der Waals surface area contributed by atoms with Crippen molar-refractivity contribution in [3.05, 3.63) is 42.5 Å². The summed E-state index contributed by atoms with van der Waals surface area (Å²) in [5, 5.41) is 11.1. The summed E-state index contributed by atoms with van der Waals surface area (Å²) < 4.78 is 0. The summed E-state index contributed by atoms with van der Waals surface area (Å²) in [6.07, 6.45) is 0. The Kier molecular flexibility index (Phi) is 1.29. The van der Waals surface area contributed by atoms with Crippen LogP contribution in [0.1, 0.15) is 0 Å². The van der Waals surface area contributed by atoms with Crippen LogP contribution in [0.15, 0.2) is 36.4 Å². The van der Waals surface area contributed by atoms with Crippen molar-refractivity contribution in [3.8, 4) is 5.75 Å². The van der Waals surface area contributed by atoms with E-state index in [1.807, 2.05) is 24.3 Å². The van der Waals surface area contributed by atoms with Crippen LogP contribution in [0.25, 0.3) is 10.8 Å². The highest BCUT2D eigenvalue weighted by atomic mass is 16.3. The Hall–Kier alpha value is -1.50. The zero-order valence-electron chi connectivity index (χ0n) is 5.91. The molecule has 0 heterocycles. The van der Waals surface area contributed by atoms with E-state index in [2.05, 4.69) is 6.07 Å². The van der Waals surface area contributed by atoms with E-state index in [0.717, 1.165) is 10.8 Å². The molecule has 0 bridgehead atoms. The topological polar surface area (TPSA) is 20.2 Å². The summed E-state index contributed by atoms with van der Waals surface area (Å²) >= 11 is 0. The molecule has 0 saturated heterocycles. The minimum atomic E-state index is 0.295. The van der Waals surface area contributed by atoms with Gasteiger partial charge in [0.2, 0.25) is 0 Å². The first-order chi connectivity index (χ1) is 5.38. The lowest BCUT2D eigenvalue weighted by molar-refractivity contribution is 0.481. The van der Waals surface area contributed by atoms with Crippen molar-refractivity contribution in [2.45, 2.75) is 0 Å². The quantitative estimate of drug-likeness (QED) is 0.600. The monoisotopic (exact) mass is 143 g/mol. The Morgan fingerprint density at radius 1 is 1.09 bits per heavy atom. The number of phenols is 1. The normalized spacial score (nSPS) is 10.2. The molecule has 0 aliphatic rings. The molecular weight excluding hydrogens is 136 g/mol. The Labute approximate surface area is 64.9 Å². The summed E-state index contributed by atoms with van der Waals surface area (Å²) in [5.74, 6) is 0.295. The predicted molar refractivity (Wildman–Crippen MR) is 44.4 cm³/mol. The second-order valence-electron chi connectivity index (χ2n) is 2.41. The fourth-order valence-electron chi connectivity index (χ4n) is 1.14. The van der Waals surface area contributed by atoms with Crippen LogP contribution in [0.5, 0.6) is 5.75 Å². The van der Waals surface area contributed by atoms with Crippen LogP contribution in [0, 0.1) is 6.07 Å². The van der Waals surface area contributed by atoms with Crippen molar-refractivity contribution in [3.63, 3.8) is 0 Å². The number of aromatic hydroxyl groups is 1. The van der Waals surface area contributed by atoms with Gasteiger partial charge in [-0.3, -0.25) is 0 Å². The van der Waals surface area contributed by atoms with Crippen LogP contribution in [0.2, 0.25) is 0 Å². The van der Waals surface area contributed by atoms with E-state index in [-0.39, 0.29) is 0 Å². The third kappa shape index (κ3) is 0.944. The first-order valence-corrected chi connectivity index (χ1v) is 3.46. The van der Waals surface area contributed by atoms with Gasteiger partial charge in [0.25, 0.3) is 0 Å². The van der Waals surface area contributed by atoms with E-state index in [1.54, 1.807) is 12.1 Å². The molecule has 0 atom stereocenters. The second kappa shape index (κ2) is 2.27. The minimum Gasteiger partial charge on any atom is -0.507 e. The number of hydrogen-bond donors (Lipinski definition) is 1. The first kappa shape index (κ1) is 6.23. The van der Waals surface area contributed by atoms with E-state index in [4.69, 9.17) is 0 Å². The zero-order chi connectivity index (χ0) is 7.68. The molecule has 11 heavy (non-hydrogen) atoms. The van der Waals surface area contributed by atoms with Crippen LogP contribution in [-0.4, -0.2) is 5.11 Å². The summed E-state index contributed by atoms with van der Waals surface area (Å²) in [4.78, 5) is 0. The molecule has 0 spiro atoms. The lowest BCUT2D eigenvalue weighted by atomic mass is 10.1. The third-order valence-electron chi connectivity index (χ3n) is 1.67. The lowest BCUT2D eigenvalue weighted by Gasteiger charge is -1.97.